The zero-order valence-corrected chi connectivity index (χ0v) is 11.4. The maximum atomic E-state index is 11.1. The Morgan fingerprint density at radius 3 is 2.79 bits per heavy atom. The highest BCUT2D eigenvalue weighted by Gasteiger charge is 2.18. The van der Waals surface area contributed by atoms with Crippen LogP contribution in [0.25, 0.3) is 0 Å². The van der Waals surface area contributed by atoms with E-state index in [1.54, 1.807) is 19.1 Å². The van der Waals surface area contributed by atoms with Crippen LogP contribution < -0.4 is 4.90 Å². The number of hydrogen-bond donors (Lipinski definition) is 1. The molecule has 5 heteroatoms. The van der Waals surface area contributed by atoms with Crippen LogP contribution in [-0.2, 0) is 0 Å². The van der Waals surface area contributed by atoms with E-state index in [1.165, 1.54) is 6.07 Å². The lowest BCUT2D eigenvalue weighted by Crippen LogP contribution is -2.19. The summed E-state index contributed by atoms with van der Waals surface area (Å²) in [5.74, 6) is 0. The fourth-order valence-electron chi connectivity index (χ4n) is 1.86. The molecule has 0 saturated heterocycles. The number of hydrogen-bond acceptors (Lipinski definition) is 4. The molecule has 1 atom stereocenters. The summed E-state index contributed by atoms with van der Waals surface area (Å²) in [6.07, 6.45) is 2.90. The van der Waals surface area contributed by atoms with Gasteiger partial charge in [-0.15, -0.1) is 6.58 Å². The van der Waals surface area contributed by atoms with Crippen molar-refractivity contribution >= 4 is 11.4 Å². The van der Waals surface area contributed by atoms with Crippen molar-refractivity contribution in [3.05, 3.63) is 46.5 Å². The lowest BCUT2D eigenvalue weighted by atomic mass is 10.1. The average Bonchev–Trinajstić information content (AvgIpc) is 2.38. The number of rotatable bonds is 7. The van der Waals surface area contributed by atoms with Crippen molar-refractivity contribution < 1.29 is 10.0 Å². The second-order valence-electron chi connectivity index (χ2n) is 4.53. The van der Waals surface area contributed by atoms with Crippen LogP contribution in [0.15, 0.2) is 30.9 Å². The van der Waals surface area contributed by atoms with E-state index in [1.807, 2.05) is 18.0 Å². The minimum atomic E-state index is -0.709. The third-order valence-corrected chi connectivity index (χ3v) is 2.99. The number of aliphatic hydroxyl groups is 1. The van der Waals surface area contributed by atoms with Crippen LogP contribution >= 0.6 is 0 Å². The van der Waals surface area contributed by atoms with Crippen molar-refractivity contribution in [2.45, 2.75) is 25.9 Å². The van der Waals surface area contributed by atoms with Crippen LogP contribution in [-0.4, -0.2) is 23.6 Å². The largest absolute Gasteiger partial charge is 0.389 e. The third kappa shape index (κ3) is 4.06. The summed E-state index contributed by atoms with van der Waals surface area (Å²) in [5.41, 5.74) is 1.15. The van der Waals surface area contributed by atoms with Gasteiger partial charge in [-0.05, 0) is 31.4 Å². The summed E-state index contributed by atoms with van der Waals surface area (Å²) in [7, 11) is 1.83. The fourth-order valence-corrected chi connectivity index (χ4v) is 1.86. The molecule has 1 aromatic rings. The molecule has 0 aliphatic heterocycles. The van der Waals surface area contributed by atoms with Crippen LogP contribution in [0.4, 0.5) is 11.4 Å². The van der Waals surface area contributed by atoms with Gasteiger partial charge < -0.3 is 10.0 Å². The number of anilines is 1. The topological polar surface area (TPSA) is 66.6 Å². The Bertz CT molecular complexity index is 458. The summed E-state index contributed by atoms with van der Waals surface area (Å²) >= 11 is 0. The molecule has 0 aliphatic carbocycles. The van der Waals surface area contributed by atoms with Crippen molar-refractivity contribution in [3.8, 4) is 0 Å². The van der Waals surface area contributed by atoms with E-state index in [-0.39, 0.29) is 5.69 Å². The molecule has 0 saturated carbocycles. The number of benzene rings is 1. The standard InChI is InChI=1S/C14H20N2O3/c1-4-5-6-9-15(3)13-8-7-12(11(2)17)10-14(13)16(18)19/h4,7-8,10-11,17H,1,5-6,9H2,2-3H3. The van der Waals surface area contributed by atoms with Gasteiger partial charge in [-0.1, -0.05) is 12.1 Å². The van der Waals surface area contributed by atoms with E-state index in [2.05, 4.69) is 6.58 Å². The van der Waals surface area contributed by atoms with E-state index in [0.29, 0.717) is 11.3 Å². The van der Waals surface area contributed by atoms with E-state index >= 15 is 0 Å². The molecule has 0 amide bonds. The first-order chi connectivity index (χ1) is 8.97. The van der Waals surface area contributed by atoms with Crippen molar-refractivity contribution in [1.29, 1.82) is 0 Å². The lowest BCUT2D eigenvalue weighted by molar-refractivity contribution is -0.384. The molecule has 19 heavy (non-hydrogen) atoms. The smallest absolute Gasteiger partial charge is 0.292 e. The van der Waals surface area contributed by atoms with Gasteiger partial charge in [-0.25, -0.2) is 0 Å². The number of nitrogens with zero attached hydrogens (tertiary/aromatic N) is 2. The predicted octanol–water partition coefficient (Wildman–Crippen LogP) is 3.05. The molecule has 5 nitrogen and oxygen atoms in total. The Kier molecular flexibility index (Phi) is 5.51. The first kappa shape index (κ1) is 15.2. The number of nitro benzene ring substituents is 1. The monoisotopic (exact) mass is 264 g/mol. The summed E-state index contributed by atoms with van der Waals surface area (Å²) < 4.78 is 0. The molecule has 1 aromatic carbocycles. The maximum Gasteiger partial charge on any atom is 0.292 e. The highest BCUT2D eigenvalue weighted by Crippen LogP contribution is 2.30. The van der Waals surface area contributed by atoms with Gasteiger partial charge in [0.2, 0.25) is 0 Å². The van der Waals surface area contributed by atoms with E-state index in [9.17, 15) is 15.2 Å². The minimum absolute atomic E-state index is 0.0273. The van der Waals surface area contributed by atoms with Gasteiger partial charge in [0, 0.05) is 19.7 Å². The second kappa shape index (κ2) is 6.89. The van der Waals surface area contributed by atoms with Crippen LogP contribution in [0, 0.1) is 10.1 Å². The van der Waals surface area contributed by atoms with Crippen LogP contribution in [0.5, 0.6) is 0 Å². The number of nitro groups is 1. The Morgan fingerprint density at radius 1 is 1.58 bits per heavy atom. The maximum absolute atomic E-state index is 11.1. The highest BCUT2D eigenvalue weighted by molar-refractivity contribution is 5.64. The van der Waals surface area contributed by atoms with Gasteiger partial charge in [0.15, 0.2) is 0 Å². The number of aliphatic hydroxyl groups excluding tert-OH is 1. The van der Waals surface area contributed by atoms with Crippen molar-refractivity contribution in [1.82, 2.24) is 0 Å². The van der Waals surface area contributed by atoms with Gasteiger partial charge in [0.05, 0.1) is 11.0 Å². The molecule has 1 N–H and O–H groups in total. The average molecular weight is 264 g/mol. The van der Waals surface area contributed by atoms with Crippen molar-refractivity contribution in [2.24, 2.45) is 0 Å². The zero-order valence-electron chi connectivity index (χ0n) is 11.4. The van der Waals surface area contributed by atoms with Crippen LogP contribution in [0.3, 0.4) is 0 Å². The Morgan fingerprint density at radius 2 is 2.26 bits per heavy atom. The molecule has 0 spiro atoms. The van der Waals surface area contributed by atoms with Gasteiger partial charge in [0.1, 0.15) is 5.69 Å². The molecule has 0 fully saturated rings. The molecule has 0 aliphatic rings. The molecule has 104 valence electrons. The van der Waals surface area contributed by atoms with Crippen molar-refractivity contribution in [3.63, 3.8) is 0 Å². The summed E-state index contributed by atoms with van der Waals surface area (Å²) in [6.45, 7) is 5.97. The summed E-state index contributed by atoms with van der Waals surface area (Å²) in [6, 6.07) is 4.84. The minimum Gasteiger partial charge on any atom is -0.389 e. The van der Waals surface area contributed by atoms with Crippen LogP contribution in [0.1, 0.15) is 31.4 Å². The molecule has 1 unspecified atom stereocenters. The van der Waals surface area contributed by atoms with Gasteiger partial charge in [0.25, 0.3) is 5.69 Å². The predicted molar refractivity (Wildman–Crippen MR) is 76.4 cm³/mol. The van der Waals surface area contributed by atoms with Crippen molar-refractivity contribution in [2.75, 3.05) is 18.5 Å². The Hall–Kier alpha value is -1.88. The zero-order chi connectivity index (χ0) is 14.4. The molecule has 0 heterocycles. The molecule has 0 radical (unpaired) electrons. The van der Waals surface area contributed by atoms with Crippen LogP contribution in [0.2, 0.25) is 0 Å². The molecular formula is C14H20N2O3. The van der Waals surface area contributed by atoms with E-state index in [4.69, 9.17) is 0 Å². The first-order valence-electron chi connectivity index (χ1n) is 6.25. The molecule has 0 aromatic heterocycles. The second-order valence-corrected chi connectivity index (χ2v) is 4.53. The van der Waals surface area contributed by atoms with E-state index < -0.39 is 11.0 Å². The molecule has 1 rings (SSSR count). The molecule has 0 bridgehead atoms. The number of allylic oxidation sites excluding steroid dienone is 1. The fraction of sp³-hybridized carbons (Fsp3) is 0.429. The molecular weight excluding hydrogens is 244 g/mol. The normalized spacial score (nSPS) is 11.9. The Balaban J connectivity index is 2.99. The lowest BCUT2D eigenvalue weighted by Gasteiger charge is -2.19. The third-order valence-electron chi connectivity index (χ3n) is 2.99. The highest BCUT2D eigenvalue weighted by atomic mass is 16.6. The quantitative estimate of drug-likeness (QED) is 0.356. The summed E-state index contributed by atoms with van der Waals surface area (Å²) in [4.78, 5) is 12.6. The Labute approximate surface area is 113 Å². The summed E-state index contributed by atoms with van der Waals surface area (Å²) in [5, 5.41) is 20.6. The van der Waals surface area contributed by atoms with E-state index in [0.717, 1.165) is 19.4 Å². The van der Waals surface area contributed by atoms with Gasteiger partial charge >= 0.3 is 0 Å². The van der Waals surface area contributed by atoms with Gasteiger partial charge in [-0.2, -0.15) is 0 Å². The first-order valence-corrected chi connectivity index (χ1v) is 6.25. The van der Waals surface area contributed by atoms with Gasteiger partial charge in [-0.3, -0.25) is 10.1 Å². The number of unbranched alkanes of at least 4 members (excludes halogenated alkanes) is 1. The SMILES string of the molecule is C=CCCCN(C)c1ccc(C(C)O)cc1[N+](=O)[O-].